The number of hydrogen-bond donors (Lipinski definition) is 0. The molecule has 1 nitrogen and oxygen atoms in total. The van der Waals surface area contributed by atoms with Crippen LogP contribution in [-0.4, -0.2) is 6.11 Å². The van der Waals surface area contributed by atoms with Crippen molar-refractivity contribution in [3.8, 4) is 5.75 Å². The SMILES string of the molecule is FC(F)=CC(F)(F)Oc1ccc(Br)cc1. The highest BCUT2D eigenvalue weighted by Crippen LogP contribution is 2.25. The van der Waals surface area contributed by atoms with E-state index in [-0.39, 0.29) is 5.75 Å². The van der Waals surface area contributed by atoms with Crippen molar-refractivity contribution < 1.29 is 22.3 Å². The maximum atomic E-state index is 12.7. The minimum absolute atomic E-state index is 0.194. The van der Waals surface area contributed by atoms with Crippen molar-refractivity contribution >= 4 is 15.9 Å². The average Bonchev–Trinajstić information content (AvgIpc) is 2.06. The van der Waals surface area contributed by atoms with Crippen molar-refractivity contribution in [3.63, 3.8) is 0 Å². The molecule has 0 bridgehead atoms. The van der Waals surface area contributed by atoms with E-state index in [1.54, 1.807) is 0 Å². The first-order valence-electron chi connectivity index (χ1n) is 3.75. The molecule has 0 aromatic heterocycles. The largest absolute Gasteiger partial charge is 0.429 e. The lowest BCUT2D eigenvalue weighted by Gasteiger charge is -2.13. The molecule has 1 aromatic carbocycles. The molecule has 0 aliphatic rings. The van der Waals surface area contributed by atoms with Gasteiger partial charge in [-0.3, -0.25) is 0 Å². The lowest BCUT2D eigenvalue weighted by atomic mass is 10.3. The third-order valence-electron chi connectivity index (χ3n) is 1.34. The summed E-state index contributed by atoms with van der Waals surface area (Å²) >= 11 is 3.09. The van der Waals surface area contributed by atoms with Crippen LogP contribution in [0.4, 0.5) is 17.6 Å². The van der Waals surface area contributed by atoms with Crippen molar-refractivity contribution in [1.29, 1.82) is 0 Å². The topological polar surface area (TPSA) is 9.23 Å². The van der Waals surface area contributed by atoms with Gasteiger partial charge in [-0.1, -0.05) is 15.9 Å². The van der Waals surface area contributed by atoms with Gasteiger partial charge in [-0.25, -0.2) is 0 Å². The van der Waals surface area contributed by atoms with Crippen LogP contribution in [0.1, 0.15) is 0 Å². The molecule has 6 heteroatoms. The molecule has 0 amide bonds. The van der Waals surface area contributed by atoms with Gasteiger partial charge >= 0.3 is 6.11 Å². The Kier molecular flexibility index (Phi) is 3.73. The van der Waals surface area contributed by atoms with Gasteiger partial charge in [0, 0.05) is 4.47 Å². The van der Waals surface area contributed by atoms with E-state index in [1.807, 2.05) is 0 Å². The molecule has 0 aliphatic heterocycles. The van der Waals surface area contributed by atoms with Crippen molar-refractivity contribution in [2.24, 2.45) is 0 Å². The molecule has 0 unspecified atom stereocenters. The van der Waals surface area contributed by atoms with Crippen LogP contribution in [0.15, 0.2) is 40.9 Å². The van der Waals surface area contributed by atoms with E-state index < -0.39 is 18.3 Å². The molecule has 0 aliphatic carbocycles. The second-order valence-corrected chi connectivity index (χ2v) is 3.47. The fourth-order valence-corrected chi connectivity index (χ4v) is 1.08. The Morgan fingerprint density at radius 3 is 2.20 bits per heavy atom. The van der Waals surface area contributed by atoms with Crippen LogP contribution in [0.2, 0.25) is 0 Å². The lowest BCUT2D eigenvalue weighted by Crippen LogP contribution is -2.21. The van der Waals surface area contributed by atoms with Crippen molar-refractivity contribution in [3.05, 3.63) is 40.9 Å². The molecule has 0 radical (unpaired) electrons. The van der Waals surface area contributed by atoms with Gasteiger partial charge in [0.25, 0.3) is 6.08 Å². The van der Waals surface area contributed by atoms with Crippen molar-refractivity contribution in [1.82, 2.24) is 0 Å². The second-order valence-electron chi connectivity index (χ2n) is 2.55. The maximum Gasteiger partial charge on any atom is 0.425 e. The number of halogens is 5. The summed E-state index contributed by atoms with van der Waals surface area (Å²) in [5.41, 5.74) is 0. The Labute approximate surface area is 91.5 Å². The average molecular weight is 285 g/mol. The maximum absolute atomic E-state index is 12.7. The van der Waals surface area contributed by atoms with E-state index in [0.29, 0.717) is 4.47 Å². The highest BCUT2D eigenvalue weighted by molar-refractivity contribution is 9.10. The minimum Gasteiger partial charge on any atom is -0.429 e. The van der Waals surface area contributed by atoms with E-state index in [4.69, 9.17) is 0 Å². The molecule has 0 N–H and O–H groups in total. The van der Waals surface area contributed by atoms with Crippen molar-refractivity contribution in [2.45, 2.75) is 6.11 Å². The standard InChI is InChI=1S/C9H5BrF4O/c10-6-1-3-7(4-2-6)15-9(13,14)5-8(11)12/h1-5H. The quantitative estimate of drug-likeness (QED) is 0.756. The van der Waals surface area contributed by atoms with E-state index in [0.717, 1.165) is 0 Å². The Hall–Kier alpha value is -1.04. The summed E-state index contributed by atoms with van der Waals surface area (Å²) in [6, 6.07) is 5.39. The molecule has 0 saturated heterocycles. The summed E-state index contributed by atoms with van der Waals surface area (Å²) in [5.74, 6) is -0.194. The molecule has 82 valence electrons. The van der Waals surface area contributed by atoms with Crippen LogP contribution >= 0.6 is 15.9 Å². The van der Waals surface area contributed by atoms with Crippen LogP contribution in [0.3, 0.4) is 0 Å². The highest BCUT2D eigenvalue weighted by Gasteiger charge is 2.30. The summed E-state index contributed by atoms with van der Waals surface area (Å²) in [6.07, 6.45) is -7.04. The normalized spacial score (nSPS) is 11.0. The van der Waals surface area contributed by atoms with Crippen LogP contribution in [0.5, 0.6) is 5.75 Å². The molecular weight excluding hydrogens is 280 g/mol. The zero-order chi connectivity index (χ0) is 11.5. The third kappa shape index (κ3) is 4.33. The molecular formula is C9H5BrF4O. The molecule has 0 atom stereocenters. The predicted octanol–water partition coefficient (Wildman–Crippen LogP) is 4.20. The van der Waals surface area contributed by atoms with Gasteiger partial charge in [0.05, 0.1) is 6.08 Å². The molecule has 1 aromatic rings. The first-order chi connectivity index (χ1) is 6.89. The zero-order valence-electron chi connectivity index (χ0n) is 7.18. The van der Waals surface area contributed by atoms with E-state index in [1.165, 1.54) is 24.3 Å². The lowest BCUT2D eigenvalue weighted by molar-refractivity contribution is -0.133. The monoisotopic (exact) mass is 284 g/mol. The minimum atomic E-state index is -4.01. The fraction of sp³-hybridized carbons (Fsp3) is 0.111. The van der Waals surface area contributed by atoms with Gasteiger partial charge in [-0.05, 0) is 24.3 Å². The number of ether oxygens (including phenoxy) is 1. The number of rotatable bonds is 3. The number of hydrogen-bond acceptors (Lipinski definition) is 1. The van der Waals surface area contributed by atoms with Gasteiger partial charge in [-0.15, -0.1) is 0 Å². The van der Waals surface area contributed by atoms with Crippen LogP contribution < -0.4 is 4.74 Å². The fourth-order valence-electron chi connectivity index (χ4n) is 0.816. The van der Waals surface area contributed by atoms with Gasteiger partial charge in [-0.2, -0.15) is 17.6 Å². The van der Waals surface area contributed by atoms with Crippen LogP contribution in [0.25, 0.3) is 0 Å². The van der Waals surface area contributed by atoms with E-state index >= 15 is 0 Å². The van der Waals surface area contributed by atoms with Crippen molar-refractivity contribution in [2.75, 3.05) is 0 Å². The molecule has 0 spiro atoms. The number of benzene rings is 1. The summed E-state index contributed by atoms with van der Waals surface area (Å²) in [6.45, 7) is 0. The van der Waals surface area contributed by atoms with E-state index in [2.05, 4.69) is 20.7 Å². The summed E-state index contributed by atoms with van der Waals surface area (Å²) in [7, 11) is 0. The molecule has 15 heavy (non-hydrogen) atoms. The van der Waals surface area contributed by atoms with Gasteiger partial charge in [0.2, 0.25) is 0 Å². The van der Waals surface area contributed by atoms with Gasteiger partial charge in [0.15, 0.2) is 0 Å². The van der Waals surface area contributed by atoms with E-state index in [9.17, 15) is 17.6 Å². The van der Waals surface area contributed by atoms with Crippen LogP contribution in [-0.2, 0) is 0 Å². The molecule has 0 fully saturated rings. The predicted molar refractivity (Wildman–Crippen MR) is 50.0 cm³/mol. The first kappa shape index (κ1) is 12.0. The van der Waals surface area contributed by atoms with Gasteiger partial charge in [0.1, 0.15) is 5.75 Å². The summed E-state index contributed by atoms with van der Waals surface area (Å²) in [4.78, 5) is 0. The third-order valence-corrected chi connectivity index (χ3v) is 1.87. The number of alkyl halides is 2. The Bertz CT molecular complexity index is 357. The Morgan fingerprint density at radius 1 is 1.20 bits per heavy atom. The molecule has 0 heterocycles. The first-order valence-corrected chi connectivity index (χ1v) is 4.54. The Balaban J connectivity index is 2.77. The summed E-state index contributed by atoms with van der Waals surface area (Å²) in [5, 5.41) is 0. The second kappa shape index (κ2) is 4.65. The molecule has 0 saturated carbocycles. The Morgan fingerprint density at radius 2 is 1.73 bits per heavy atom. The zero-order valence-corrected chi connectivity index (χ0v) is 8.77. The molecule has 1 rings (SSSR count). The summed E-state index contributed by atoms with van der Waals surface area (Å²) < 4.78 is 53.3. The van der Waals surface area contributed by atoms with Gasteiger partial charge < -0.3 is 4.74 Å². The highest BCUT2D eigenvalue weighted by atomic mass is 79.9. The van der Waals surface area contributed by atoms with Crippen LogP contribution in [0, 0.1) is 0 Å². The smallest absolute Gasteiger partial charge is 0.425 e.